The number of hydrogen-bond acceptors (Lipinski definition) is 4. The molecule has 22 heavy (non-hydrogen) atoms. The molecule has 1 aliphatic heterocycles. The van der Waals surface area contributed by atoms with E-state index < -0.39 is 6.10 Å². The second-order valence-corrected chi connectivity index (χ2v) is 5.36. The molecule has 1 aromatic carbocycles. The minimum atomic E-state index is -0.484. The molecule has 0 saturated carbocycles. The van der Waals surface area contributed by atoms with Gasteiger partial charge in [-0.1, -0.05) is 13.0 Å². The Bertz CT molecular complexity index is 560. The van der Waals surface area contributed by atoms with Crippen molar-refractivity contribution in [2.24, 2.45) is 5.73 Å². The molecular weight excluding hydrogens is 282 g/mol. The number of fused-ring (bicyclic) bond motifs is 1. The average Bonchev–Trinajstić information content (AvgIpc) is 2.51. The van der Waals surface area contributed by atoms with Crippen molar-refractivity contribution >= 4 is 17.5 Å². The summed E-state index contributed by atoms with van der Waals surface area (Å²) in [6.45, 7) is 5.06. The number of aryl methyl sites for hydroxylation is 1. The number of nitrogens with one attached hydrogen (secondary N) is 1. The molecule has 1 aromatic rings. The molecule has 2 rings (SSSR count). The molecule has 120 valence electrons. The number of carbonyl (C=O) groups excluding carboxylic acids is 2. The molecule has 1 atom stereocenters. The van der Waals surface area contributed by atoms with Crippen molar-refractivity contribution in [1.82, 2.24) is 5.32 Å². The summed E-state index contributed by atoms with van der Waals surface area (Å²) in [5.74, 6) is 0.499. The summed E-state index contributed by atoms with van der Waals surface area (Å²) < 4.78 is 5.74. The van der Waals surface area contributed by atoms with Crippen LogP contribution >= 0.6 is 0 Å². The monoisotopic (exact) mass is 305 g/mol. The predicted octanol–water partition coefficient (Wildman–Crippen LogP) is 0.964. The molecule has 0 radical (unpaired) electrons. The van der Waals surface area contributed by atoms with Crippen LogP contribution in [0.4, 0.5) is 5.69 Å². The first-order valence-electron chi connectivity index (χ1n) is 7.62. The normalized spacial score (nSPS) is 17.0. The number of nitrogens with two attached hydrogens (primary N) is 1. The van der Waals surface area contributed by atoms with Crippen LogP contribution in [0.2, 0.25) is 0 Å². The zero-order valence-corrected chi connectivity index (χ0v) is 13.1. The van der Waals surface area contributed by atoms with Gasteiger partial charge in [-0.25, -0.2) is 0 Å². The van der Waals surface area contributed by atoms with Gasteiger partial charge in [-0.15, -0.1) is 0 Å². The van der Waals surface area contributed by atoms with E-state index >= 15 is 0 Å². The van der Waals surface area contributed by atoms with E-state index in [1.807, 2.05) is 32.0 Å². The van der Waals surface area contributed by atoms with Crippen LogP contribution in [0.1, 0.15) is 25.3 Å². The lowest BCUT2D eigenvalue weighted by molar-refractivity contribution is -0.126. The van der Waals surface area contributed by atoms with E-state index in [9.17, 15) is 9.59 Å². The molecule has 6 heteroatoms. The highest BCUT2D eigenvalue weighted by Gasteiger charge is 2.33. The fourth-order valence-electron chi connectivity index (χ4n) is 2.44. The summed E-state index contributed by atoms with van der Waals surface area (Å²) in [5, 5.41) is 2.71. The Labute approximate surface area is 130 Å². The van der Waals surface area contributed by atoms with Crippen LogP contribution in [-0.4, -0.2) is 37.6 Å². The summed E-state index contributed by atoms with van der Waals surface area (Å²) in [6.07, 6.45) is 0.361. The van der Waals surface area contributed by atoms with Gasteiger partial charge in [-0.05, 0) is 31.0 Å². The van der Waals surface area contributed by atoms with Crippen LogP contribution in [0.5, 0.6) is 5.75 Å². The van der Waals surface area contributed by atoms with Gasteiger partial charge in [0.2, 0.25) is 5.91 Å². The SMILES string of the molecule is CCC1Oc2ccc(C)cc2N(CCC(=O)NCCN)C1=O. The first-order chi connectivity index (χ1) is 10.6. The zero-order valence-electron chi connectivity index (χ0n) is 13.1. The minimum absolute atomic E-state index is 0.0905. The Morgan fingerprint density at radius 2 is 2.23 bits per heavy atom. The third-order valence-electron chi connectivity index (χ3n) is 3.62. The van der Waals surface area contributed by atoms with Gasteiger partial charge in [0.1, 0.15) is 5.75 Å². The fourth-order valence-corrected chi connectivity index (χ4v) is 2.44. The maximum atomic E-state index is 12.5. The lowest BCUT2D eigenvalue weighted by atomic mass is 10.1. The lowest BCUT2D eigenvalue weighted by Crippen LogP contribution is -2.47. The summed E-state index contributed by atoms with van der Waals surface area (Å²) in [5.41, 5.74) is 7.14. The number of carbonyl (C=O) groups is 2. The number of benzene rings is 1. The smallest absolute Gasteiger partial charge is 0.268 e. The van der Waals surface area contributed by atoms with Gasteiger partial charge in [-0.3, -0.25) is 9.59 Å². The molecule has 1 unspecified atom stereocenters. The van der Waals surface area contributed by atoms with Crippen LogP contribution in [0.15, 0.2) is 18.2 Å². The molecule has 0 fully saturated rings. The van der Waals surface area contributed by atoms with Crippen LogP contribution in [-0.2, 0) is 9.59 Å². The molecule has 3 N–H and O–H groups in total. The van der Waals surface area contributed by atoms with Gasteiger partial charge in [0.05, 0.1) is 5.69 Å². The van der Waals surface area contributed by atoms with Crippen molar-refractivity contribution in [1.29, 1.82) is 0 Å². The zero-order chi connectivity index (χ0) is 16.1. The van der Waals surface area contributed by atoms with Crippen molar-refractivity contribution in [3.8, 4) is 5.75 Å². The predicted molar refractivity (Wildman–Crippen MR) is 84.9 cm³/mol. The number of hydrogen-bond donors (Lipinski definition) is 2. The van der Waals surface area contributed by atoms with Crippen molar-refractivity contribution in [3.05, 3.63) is 23.8 Å². The van der Waals surface area contributed by atoms with Crippen LogP contribution in [0.3, 0.4) is 0 Å². The molecule has 0 spiro atoms. The molecule has 0 aromatic heterocycles. The molecule has 0 saturated heterocycles. The van der Waals surface area contributed by atoms with Crippen molar-refractivity contribution in [2.45, 2.75) is 32.8 Å². The van der Waals surface area contributed by atoms with E-state index in [1.54, 1.807) is 4.90 Å². The molecular formula is C16H23N3O3. The number of anilines is 1. The molecule has 2 amide bonds. The largest absolute Gasteiger partial charge is 0.478 e. The van der Waals surface area contributed by atoms with Crippen molar-refractivity contribution in [2.75, 3.05) is 24.5 Å². The van der Waals surface area contributed by atoms with Gasteiger partial charge in [0, 0.05) is 26.1 Å². The van der Waals surface area contributed by atoms with Crippen LogP contribution in [0.25, 0.3) is 0 Å². The molecule has 1 aliphatic rings. The summed E-state index contributed by atoms with van der Waals surface area (Å²) >= 11 is 0. The highest BCUT2D eigenvalue weighted by molar-refractivity contribution is 6.00. The quantitative estimate of drug-likeness (QED) is 0.820. The Morgan fingerprint density at radius 3 is 2.91 bits per heavy atom. The van der Waals surface area contributed by atoms with E-state index in [0.717, 1.165) is 11.3 Å². The highest BCUT2D eigenvalue weighted by Crippen LogP contribution is 2.35. The number of ether oxygens (including phenoxy) is 1. The standard InChI is InChI=1S/C16H23N3O3/c1-3-13-16(21)19(9-6-15(20)18-8-7-17)12-10-11(2)4-5-14(12)22-13/h4-5,10,13H,3,6-9,17H2,1-2H3,(H,18,20). The Morgan fingerprint density at radius 1 is 1.45 bits per heavy atom. The molecule has 0 aliphatic carbocycles. The van der Waals surface area contributed by atoms with E-state index in [1.165, 1.54) is 0 Å². The summed E-state index contributed by atoms with van der Waals surface area (Å²) in [6, 6.07) is 5.74. The molecule has 1 heterocycles. The van der Waals surface area contributed by atoms with E-state index in [0.29, 0.717) is 31.8 Å². The first-order valence-corrected chi connectivity index (χ1v) is 7.62. The van der Waals surface area contributed by atoms with Crippen molar-refractivity contribution < 1.29 is 14.3 Å². The van der Waals surface area contributed by atoms with Gasteiger partial charge < -0.3 is 20.7 Å². The molecule has 6 nitrogen and oxygen atoms in total. The third kappa shape index (κ3) is 3.57. The third-order valence-corrected chi connectivity index (χ3v) is 3.62. The highest BCUT2D eigenvalue weighted by atomic mass is 16.5. The van der Waals surface area contributed by atoms with Gasteiger partial charge in [0.25, 0.3) is 5.91 Å². The minimum Gasteiger partial charge on any atom is -0.478 e. The number of nitrogens with zero attached hydrogens (tertiary/aromatic N) is 1. The van der Waals surface area contributed by atoms with Crippen LogP contribution < -0.4 is 20.7 Å². The van der Waals surface area contributed by atoms with Gasteiger partial charge in [0.15, 0.2) is 6.10 Å². The molecule has 0 bridgehead atoms. The Hall–Kier alpha value is -2.08. The second-order valence-electron chi connectivity index (χ2n) is 5.36. The lowest BCUT2D eigenvalue weighted by Gasteiger charge is -2.34. The van der Waals surface area contributed by atoms with Crippen molar-refractivity contribution in [3.63, 3.8) is 0 Å². The summed E-state index contributed by atoms with van der Waals surface area (Å²) in [7, 11) is 0. The van der Waals surface area contributed by atoms with Gasteiger partial charge >= 0.3 is 0 Å². The topological polar surface area (TPSA) is 84.7 Å². The number of rotatable bonds is 6. The Balaban J connectivity index is 2.15. The second kappa shape index (κ2) is 7.26. The maximum Gasteiger partial charge on any atom is 0.268 e. The van der Waals surface area contributed by atoms with E-state index in [4.69, 9.17) is 10.5 Å². The van der Waals surface area contributed by atoms with E-state index in [-0.39, 0.29) is 18.2 Å². The fraction of sp³-hybridized carbons (Fsp3) is 0.500. The van der Waals surface area contributed by atoms with Crippen LogP contribution in [0, 0.1) is 6.92 Å². The van der Waals surface area contributed by atoms with E-state index in [2.05, 4.69) is 5.32 Å². The number of amides is 2. The summed E-state index contributed by atoms with van der Waals surface area (Å²) in [4.78, 5) is 25.9. The average molecular weight is 305 g/mol. The Kier molecular flexibility index (Phi) is 5.38. The maximum absolute atomic E-state index is 12.5. The van der Waals surface area contributed by atoms with Gasteiger partial charge in [-0.2, -0.15) is 0 Å². The first kappa shape index (κ1) is 16.3.